The summed E-state index contributed by atoms with van der Waals surface area (Å²) in [4.78, 5) is 0. The molecule has 1 aromatic heterocycles. The zero-order valence-corrected chi connectivity index (χ0v) is 25.9. The van der Waals surface area contributed by atoms with Gasteiger partial charge in [0.05, 0.1) is 11.0 Å². The van der Waals surface area contributed by atoms with E-state index < -0.39 is 0 Å². The summed E-state index contributed by atoms with van der Waals surface area (Å²) in [7, 11) is 0. The van der Waals surface area contributed by atoms with Crippen LogP contribution in [0.4, 0.5) is 0 Å². The smallest absolute Gasteiger partial charge is 0.0541 e. The van der Waals surface area contributed by atoms with E-state index in [1.165, 1.54) is 82.1 Å². The average Bonchev–Trinajstić information content (AvgIpc) is 3.33. The number of rotatable bonds is 2. The van der Waals surface area contributed by atoms with Crippen molar-refractivity contribution >= 4 is 54.1 Å². The highest BCUT2D eigenvalue weighted by molar-refractivity contribution is 6.26. The Morgan fingerprint density at radius 2 is 1.02 bits per heavy atom. The maximum atomic E-state index is 2.46. The molecule has 0 radical (unpaired) electrons. The van der Waals surface area contributed by atoms with Crippen LogP contribution in [-0.2, 0) is 10.8 Å². The molecule has 43 heavy (non-hydrogen) atoms. The topological polar surface area (TPSA) is 4.93 Å². The fourth-order valence-corrected chi connectivity index (χ4v) is 7.20. The highest BCUT2D eigenvalue weighted by Gasteiger charge is 2.24. The first-order chi connectivity index (χ1) is 20.6. The summed E-state index contributed by atoms with van der Waals surface area (Å²) in [6.07, 6.45) is 0. The predicted molar refractivity (Wildman–Crippen MR) is 187 cm³/mol. The molecule has 0 atom stereocenters. The van der Waals surface area contributed by atoms with Gasteiger partial charge >= 0.3 is 0 Å². The van der Waals surface area contributed by atoms with Crippen molar-refractivity contribution in [2.24, 2.45) is 0 Å². The van der Waals surface area contributed by atoms with Crippen LogP contribution in [0, 0.1) is 0 Å². The SMILES string of the molecule is CC(C)(C)c1cc2ccc3c(-c4ccc(-n5c6ccccc6c6ccccc65)cc4)cc(C(C)(C)C)c4ccc(c1)c2c34. The Kier molecular flexibility index (Phi) is 5.42. The zero-order valence-electron chi connectivity index (χ0n) is 25.9. The largest absolute Gasteiger partial charge is 0.309 e. The second kappa shape index (κ2) is 8.94. The predicted octanol–water partition coefficient (Wildman–Crippen LogP) is 11.9. The fraction of sp³-hybridized carbons (Fsp3) is 0.190. The molecular formula is C42H37N. The summed E-state index contributed by atoms with van der Waals surface area (Å²) in [5.41, 5.74) is 9.12. The molecule has 0 bridgehead atoms. The normalized spacial score (nSPS) is 12.9. The molecule has 0 aliphatic heterocycles. The number of hydrogen-bond acceptors (Lipinski definition) is 0. The standard InChI is InChI=1S/C42H37N/c1-41(2,3)29-23-27-17-21-33-35(25-36(42(4,5)6)34-22-18-28(24-29)39(27)40(33)34)26-15-19-30(20-16-26)43-37-13-9-7-11-31(37)32-12-8-10-14-38(32)43/h7-25H,1-6H3. The molecule has 7 aromatic carbocycles. The van der Waals surface area contributed by atoms with Crippen molar-refractivity contribution in [2.75, 3.05) is 0 Å². The molecule has 8 rings (SSSR count). The lowest BCUT2D eigenvalue weighted by Crippen LogP contribution is -2.13. The highest BCUT2D eigenvalue weighted by atomic mass is 15.0. The van der Waals surface area contributed by atoms with Gasteiger partial charge in [0.15, 0.2) is 0 Å². The van der Waals surface area contributed by atoms with Crippen LogP contribution in [0.3, 0.4) is 0 Å². The molecule has 0 unspecified atom stereocenters. The summed E-state index contributed by atoms with van der Waals surface area (Å²) < 4.78 is 2.39. The Labute approximate surface area is 253 Å². The summed E-state index contributed by atoms with van der Waals surface area (Å²) in [6, 6.07) is 43.3. The first-order valence-electron chi connectivity index (χ1n) is 15.5. The third kappa shape index (κ3) is 3.91. The molecule has 0 N–H and O–H groups in total. The Balaban J connectivity index is 1.37. The molecular weight excluding hydrogens is 518 g/mol. The third-order valence-corrected chi connectivity index (χ3v) is 9.41. The summed E-state index contributed by atoms with van der Waals surface area (Å²) in [5, 5.41) is 10.7. The highest BCUT2D eigenvalue weighted by Crippen LogP contribution is 2.45. The van der Waals surface area contributed by atoms with Gasteiger partial charge in [0.25, 0.3) is 0 Å². The van der Waals surface area contributed by atoms with E-state index in [4.69, 9.17) is 0 Å². The van der Waals surface area contributed by atoms with Gasteiger partial charge in [0, 0.05) is 16.5 Å². The van der Waals surface area contributed by atoms with E-state index in [-0.39, 0.29) is 10.8 Å². The fourth-order valence-electron chi connectivity index (χ4n) is 7.20. The molecule has 1 heterocycles. The molecule has 0 spiro atoms. The molecule has 0 fully saturated rings. The van der Waals surface area contributed by atoms with Gasteiger partial charge in [-0.15, -0.1) is 0 Å². The number of benzene rings is 7. The minimum atomic E-state index is 0.0105. The molecule has 1 nitrogen and oxygen atoms in total. The quantitative estimate of drug-likeness (QED) is 0.187. The molecule has 1 heteroatoms. The minimum Gasteiger partial charge on any atom is -0.309 e. The van der Waals surface area contributed by atoms with Gasteiger partial charge in [-0.2, -0.15) is 0 Å². The van der Waals surface area contributed by atoms with Gasteiger partial charge in [0.1, 0.15) is 0 Å². The van der Waals surface area contributed by atoms with Crippen molar-refractivity contribution in [3.8, 4) is 16.8 Å². The van der Waals surface area contributed by atoms with Gasteiger partial charge in [-0.05, 0) is 95.7 Å². The Morgan fingerprint density at radius 3 is 1.58 bits per heavy atom. The molecule has 0 aliphatic carbocycles. The van der Waals surface area contributed by atoms with Crippen molar-refractivity contribution in [1.82, 2.24) is 4.57 Å². The van der Waals surface area contributed by atoms with Gasteiger partial charge < -0.3 is 4.57 Å². The van der Waals surface area contributed by atoms with E-state index in [0.717, 1.165) is 0 Å². The minimum absolute atomic E-state index is 0.0105. The van der Waals surface area contributed by atoms with E-state index in [1.54, 1.807) is 0 Å². The van der Waals surface area contributed by atoms with Crippen LogP contribution in [0.15, 0.2) is 115 Å². The molecule has 0 saturated heterocycles. The van der Waals surface area contributed by atoms with Gasteiger partial charge in [-0.3, -0.25) is 0 Å². The van der Waals surface area contributed by atoms with Crippen molar-refractivity contribution in [1.29, 1.82) is 0 Å². The van der Waals surface area contributed by atoms with Crippen LogP contribution < -0.4 is 0 Å². The molecule has 210 valence electrons. The first kappa shape index (κ1) is 26.0. The van der Waals surface area contributed by atoms with Crippen molar-refractivity contribution in [2.45, 2.75) is 52.4 Å². The third-order valence-electron chi connectivity index (χ3n) is 9.41. The van der Waals surface area contributed by atoms with Crippen molar-refractivity contribution in [3.05, 3.63) is 126 Å². The van der Waals surface area contributed by atoms with E-state index in [1.807, 2.05) is 0 Å². The Hall–Kier alpha value is -4.62. The maximum Gasteiger partial charge on any atom is 0.0541 e. The molecule has 8 aromatic rings. The van der Waals surface area contributed by atoms with Crippen LogP contribution in [0.2, 0.25) is 0 Å². The summed E-state index contributed by atoms with van der Waals surface area (Å²) in [5.74, 6) is 0. The van der Waals surface area contributed by atoms with Gasteiger partial charge in [-0.1, -0.05) is 126 Å². The Morgan fingerprint density at radius 1 is 0.465 bits per heavy atom. The van der Waals surface area contributed by atoms with Gasteiger partial charge in [0.2, 0.25) is 0 Å². The first-order valence-corrected chi connectivity index (χ1v) is 15.5. The summed E-state index contributed by atoms with van der Waals surface area (Å²) >= 11 is 0. The summed E-state index contributed by atoms with van der Waals surface area (Å²) in [6.45, 7) is 13.9. The average molecular weight is 556 g/mol. The number of para-hydroxylation sites is 2. The second-order valence-electron chi connectivity index (χ2n) is 14.3. The van der Waals surface area contributed by atoms with E-state index in [2.05, 4.69) is 161 Å². The van der Waals surface area contributed by atoms with Crippen molar-refractivity contribution < 1.29 is 0 Å². The Bertz CT molecular complexity index is 2260. The van der Waals surface area contributed by atoms with E-state index in [9.17, 15) is 0 Å². The monoisotopic (exact) mass is 555 g/mol. The van der Waals surface area contributed by atoms with Crippen LogP contribution in [-0.4, -0.2) is 4.57 Å². The van der Waals surface area contributed by atoms with Crippen LogP contribution >= 0.6 is 0 Å². The van der Waals surface area contributed by atoms with E-state index >= 15 is 0 Å². The molecule has 0 saturated carbocycles. The number of aromatic nitrogens is 1. The van der Waals surface area contributed by atoms with E-state index in [0.29, 0.717) is 0 Å². The second-order valence-corrected chi connectivity index (χ2v) is 14.3. The number of fused-ring (bicyclic) bond motifs is 3. The van der Waals surface area contributed by atoms with Crippen LogP contribution in [0.25, 0.3) is 70.9 Å². The van der Waals surface area contributed by atoms with Crippen LogP contribution in [0.5, 0.6) is 0 Å². The lowest BCUT2D eigenvalue weighted by Gasteiger charge is -2.26. The number of nitrogens with zero attached hydrogens (tertiary/aromatic N) is 1. The maximum absolute atomic E-state index is 2.46. The van der Waals surface area contributed by atoms with Gasteiger partial charge in [-0.25, -0.2) is 0 Å². The number of hydrogen-bond donors (Lipinski definition) is 0. The van der Waals surface area contributed by atoms with Crippen molar-refractivity contribution in [3.63, 3.8) is 0 Å². The van der Waals surface area contributed by atoms with Crippen LogP contribution in [0.1, 0.15) is 52.7 Å². The molecule has 0 amide bonds. The molecule has 0 aliphatic rings. The lowest BCUT2D eigenvalue weighted by atomic mass is 9.78. The lowest BCUT2D eigenvalue weighted by molar-refractivity contribution is 0.591. The zero-order chi connectivity index (χ0) is 29.7.